The summed E-state index contributed by atoms with van der Waals surface area (Å²) >= 11 is 0. The topological polar surface area (TPSA) is 59.8 Å². The summed E-state index contributed by atoms with van der Waals surface area (Å²) in [4.78, 5) is 20.6. The Morgan fingerprint density at radius 1 is 1.48 bits per heavy atom. The first-order valence-corrected chi connectivity index (χ1v) is 7.40. The first-order valence-electron chi connectivity index (χ1n) is 7.40. The van der Waals surface area contributed by atoms with Crippen LogP contribution in [0, 0.1) is 12.8 Å². The summed E-state index contributed by atoms with van der Waals surface area (Å²) in [5, 5.41) is 3.16. The van der Waals surface area contributed by atoms with Crippen LogP contribution in [-0.2, 0) is 11.3 Å². The number of hydrogen-bond donors (Lipinski definition) is 1. The van der Waals surface area contributed by atoms with E-state index in [1.807, 2.05) is 16.8 Å². The number of nitrogens with one attached hydrogen (secondary N) is 1. The Hall–Kier alpha value is -2.17. The lowest BCUT2D eigenvalue weighted by molar-refractivity contribution is -0.122. The Morgan fingerprint density at radius 3 is 3.00 bits per heavy atom. The molecular formula is C16H20N4O. The van der Waals surface area contributed by atoms with E-state index in [1.165, 1.54) is 12.8 Å². The molecule has 1 aliphatic rings. The first-order chi connectivity index (χ1) is 10.2. The Labute approximate surface area is 124 Å². The molecule has 5 nitrogen and oxygen atoms in total. The van der Waals surface area contributed by atoms with Crippen molar-refractivity contribution in [3.8, 4) is 0 Å². The van der Waals surface area contributed by atoms with E-state index < -0.39 is 0 Å². The maximum Gasteiger partial charge on any atom is 0.222 e. The fraction of sp³-hybridized carbons (Fsp3) is 0.438. The van der Waals surface area contributed by atoms with Crippen molar-refractivity contribution in [1.29, 1.82) is 0 Å². The van der Waals surface area contributed by atoms with Gasteiger partial charge in [-0.3, -0.25) is 9.78 Å². The molecule has 1 atom stereocenters. The normalized spacial score (nSPS) is 15.7. The van der Waals surface area contributed by atoms with E-state index in [0.717, 1.165) is 11.3 Å². The fourth-order valence-corrected chi connectivity index (χ4v) is 2.56. The highest BCUT2D eigenvalue weighted by Crippen LogP contribution is 2.41. The predicted molar refractivity (Wildman–Crippen MR) is 79.4 cm³/mol. The number of aromatic nitrogens is 3. The largest absolute Gasteiger partial charge is 0.347 e. The molecular weight excluding hydrogens is 264 g/mol. The van der Waals surface area contributed by atoms with E-state index in [9.17, 15) is 4.79 Å². The summed E-state index contributed by atoms with van der Waals surface area (Å²) < 4.78 is 1.91. The van der Waals surface area contributed by atoms with Crippen LogP contribution >= 0.6 is 0 Å². The Bertz CT molecular complexity index is 604. The van der Waals surface area contributed by atoms with E-state index >= 15 is 0 Å². The standard InChI is InChI=1S/C16H20N4O/c1-12-3-2-7-18-15(12)16(13-4-5-13)19-14(21)6-9-20-10-8-17-11-20/h2-3,7-8,10-11,13,16H,4-6,9H2,1H3,(H,19,21)/t16-/m0/s1. The smallest absolute Gasteiger partial charge is 0.222 e. The second-order valence-corrected chi connectivity index (χ2v) is 5.64. The highest BCUT2D eigenvalue weighted by molar-refractivity contribution is 5.76. The highest BCUT2D eigenvalue weighted by atomic mass is 16.1. The number of amides is 1. The van der Waals surface area contributed by atoms with Crippen molar-refractivity contribution >= 4 is 5.91 Å². The minimum absolute atomic E-state index is 0.0569. The molecule has 21 heavy (non-hydrogen) atoms. The zero-order chi connectivity index (χ0) is 14.7. The van der Waals surface area contributed by atoms with Gasteiger partial charge in [-0.15, -0.1) is 0 Å². The van der Waals surface area contributed by atoms with Crippen molar-refractivity contribution in [2.24, 2.45) is 5.92 Å². The van der Waals surface area contributed by atoms with E-state index in [2.05, 4.69) is 28.3 Å². The summed E-state index contributed by atoms with van der Waals surface area (Å²) in [6.07, 6.45) is 9.93. The van der Waals surface area contributed by atoms with Crippen LogP contribution in [0.15, 0.2) is 37.1 Å². The van der Waals surface area contributed by atoms with Crippen molar-refractivity contribution in [1.82, 2.24) is 19.9 Å². The number of aryl methyl sites for hydroxylation is 2. The number of carbonyl (C=O) groups is 1. The summed E-state index contributed by atoms with van der Waals surface area (Å²) in [7, 11) is 0. The van der Waals surface area contributed by atoms with Crippen LogP contribution < -0.4 is 5.32 Å². The Kier molecular flexibility index (Phi) is 3.99. The monoisotopic (exact) mass is 284 g/mol. The Balaban J connectivity index is 1.63. The van der Waals surface area contributed by atoms with E-state index in [1.54, 1.807) is 18.7 Å². The number of nitrogens with zero attached hydrogens (tertiary/aromatic N) is 3. The average molecular weight is 284 g/mol. The minimum Gasteiger partial charge on any atom is -0.347 e. The van der Waals surface area contributed by atoms with E-state index in [-0.39, 0.29) is 11.9 Å². The minimum atomic E-state index is 0.0569. The van der Waals surface area contributed by atoms with Gasteiger partial charge in [0.25, 0.3) is 0 Å². The van der Waals surface area contributed by atoms with Crippen LogP contribution in [0.25, 0.3) is 0 Å². The number of carbonyl (C=O) groups excluding carboxylic acids is 1. The fourth-order valence-electron chi connectivity index (χ4n) is 2.56. The van der Waals surface area contributed by atoms with Crippen LogP contribution in [0.2, 0.25) is 0 Å². The lowest BCUT2D eigenvalue weighted by Crippen LogP contribution is -2.31. The van der Waals surface area contributed by atoms with Gasteiger partial charge in [0.15, 0.2) is 0 Å². The molecule has 1 N–H and O–H groups in total. The van der Waals surface area contributed by atoms with Crippen LogP contribution in [-0.4, -0.2) is 20.4 Å². The van der Waals surface area contributed by atoms with Gasteiger partial charge in [0.2, 0.25) is 5.91 Å². The SMILES string of the molecule is Cc1cccnc1[C@@H](NC(=O)CCn1ccnc1)C1CC1. The van der Waals surface area contributed by atoms with Crippen LogP contribution in [0.5, 0.6) is 0 Å². The van der Waals surface area contributed by atoms with Gasteiger partial charge in [0, 0.05) is 31.6 Å². The number of rotatable bonds is 6. The lowest BCUT2D eigenvalue weighted by Gasteiger charge is -2.19. The lowest BCUT2D eigenvalue weighted by atomic mass is 10.0. The van der Waals surface area contributed by atoms with Gasteiger partial charge in [-0.2, -0.15) is 0 Å². The van der Waals surface area contributed by atoms with Gasteiger partial charge in [-0.1, -0.05) is 6.07 Å². The molecule has 0 radical (unpaired) electrons. The molecule has 0 aliphatic heterocycles. The zero-order valence-electron chi connectivity index (χ0n) is 12.2. The quantitative estimate of drug-likeness (QED) is 0.885. The third kappa shape index (κ3) is 3.48. The van der Waals surface area contributed by atoms with Gasteiger partial charge in [-0.05, 0) is 37.3 Å². The maximum atomic E-state index is 12.2. The van der Waals surface area contributed by atoms with Crippen molar-refractivity contribution in [2.45, 2.75) is 38.8 Å². The highest BCUT2D eigenvalue weighted by Gasteiger charge is 2.34. The molecule has 0 spiro atoms. The molecule has 1 fully saturated rings. The van der Waals surface area contributed by atoms with Crippen molar-refractivity contribution < 1.29 is 4.79 Å². The third-order valence-electron chi connectivity index (χ3n) is 3.91. The van der Waals surface area contributed by atoms with Crippen LogP contribution in [0.1, 0.15) is 36.6 Å². The average Bonchev–Trinajstić information content (AvgIpc) is 3.19. The molecule has 0 saturated heterocycles. The van der Waals surface area contributed by atoms with Gasteiger partial charge >= 0.3 is 0 Å². The molecule has 0 aromatic carbocycles. The molecule has 2 aromatic rings. The first kappa shape index (κ1) is 13.8. The van der Waals surface area contributed by atoms with Crippen LogP contribution in [0.4, 0.5) is 0 Å². The zero-order valence-corrected chi connectivity index (χ0v) is 12.2. The molecule has 110 valence electrons. The van der Waals surface area contributed by atoms with Gasteiger partial charge < -0.3 is 9.88 Å². The predicted octanol–water partition coefficient (Wildman–Crippen LogP) is 2.24. The molecule has 2 aromatic heterocycles. The summed E-state index contributed by atoms with van der Waals surface area (Å²) in [6.45, 7) is 2.71. The molecule has 3 rings (SSSR count). The van der Waals surface area contributed by atoms with Crippen molar-refractivity contribution in [3.63, 3.8) is 0 Å². The molecule has 1 saturated carbocycles. The van der Waals surface area contributed by atoms with Crippen molar-refractivity contribution in [3.05, 3.63) is 48.3 Å². The molecule has 5 heteroatoms. The van der Waals surface area contributed by atoms with E-state index in [0.29, 0.717) is 18.9 Å². The maximum absolute atomic E-state index is 12.2. The van der Waals surface area contributed by atoms with E-state index in [4.69, 9.17) is 0 Å². The molecule has 0 unspecified atom stereocenters. The number of pyridine rings is 1. The van der Waals surface area contributed by atoms with Gasteiger partial charge in [-0.25, -0.2) is 4.98 Å². The molecule has 1 aliphatic carbocycles. The Morgan fingerprint density at radius 2 is 2.33 bits per heavy atom. The summed E-state index contributed by atoms with van der Waals surface area (Å²) in [6, 6.07) is 4.04. The van der Waals surface area contributed by atoms with Gasteiger partial charge in [0.05, 0.1) is 18.1 Å². The van der Waals surface area contributed by atoms with Crippen molar-refractivity contribution in [2.75, 3.05) is 0 Å². The third-order valence-corrected chi connectivity index (χ3v) is 3.91. The molecule has 1 amide bonds. The van der Waals surface area contributed by atoms with Gasteiger partial charge in [0.1, 0.15) is 0 Å². The summed E-state index contributed by atoms with van der Waals surface area (Å²) in [5.41, 5.74) is 2.15. The van der Waals surface area contributed by atoms with Crippen LogP contribution in [0.3, 0.4) is 0 Å². The second-order valence-electron chi connectivity index (χ2n) is 5.64. The number of imidazole rings is 1. The second kappa shape index (κ2) is 6.08. The number of hydrogen-bond acceptors (Lipinski definition) is 3. The molecule has 2 heterocycles. The summed E-state index contributed by atoms with van der Waals surface area (Å²) in [5.74, 6) is 0.612. The molecule has 0 bridgehead atoms.